The van der Waals surface area contributed by atoms with Gasteiger partial charge < -0.3 is 25.2 Å². The Hall–Kier alpha value is -4.58. The molecule has 3 heterocycles. The first kappa shape index (κ1) is 32.8. The number of rotatable bonds is 9. The van der Waals surface area contributed by atoms with E-state index in [0.717, 1.165) is 21.6 Å². The van der Waals surface area contributed by atoms with Crippen LogP contribution in [0.1, 0.15) is 38.3 Å². The summed E-state index contributed by atoms with van der Waals surface area (Å²) >= 11 is 6.26. The number of piperidine rings is 1. The number of likely N-dealkylation sites (tertiary alicyclic amines) is 1. The zero-order valence-corrected chi connectivity index (χ0v) is 26.9. The maximum atomic E-state index is 14.4. The molecule has 3 amide bonds. The number of hydrogen-bond donors (Lipinski definition) is 2. The van der Waals surface area contributed by atoms with E-state index in [-0.39, 0.29) is 47.2 Å². The van der Waals surface area contributed by atoms with E-state index < -0.39 is 23.1 Å². The molecule has 0 radical (unpaired) electrons. The summed E-state index contributed by atoms with van der Waals surface area (Å²) < 4.78 is 22.2. The number of halogens is 2. The first-order chi connectivity index (χ1) is 22.0. The van der Waals surface area contributed by atoms with Crippen LogP contribution in [0.3, 0.4) is 0 Å². The van der Waals surface area contributed by atoms with E-state index in [0.29, 0.717) is 44.6 Å². The number of fused-ring (bicyclic) bond motifs is 1. The van der Waals surface area contributed by atoms with Crippen LogP contribution in [0, 0.1) is 5.82 Å². The molecule has 0 bridgehead atoms. The van der Waals surface area contributed by atoms with Crippen molar-refractivity contribution in [3.63, 3.8) is 0 Å². The molecule has 1 fully saturated rings. The molecule has 13 heteroatoms. The van der Waals surface area contributed by atoms with Crippen LogP contribution < -0.4 is 26.6 Å². The van der Waals surface area contributed by atoms with E-state index in [4.69, 9.17) is 16.3 Å². The standard InChI is InChI=1S/C33H38ClFN6O5/c1-20(17-36-22(3)42)41-31(43)27(26-6-5-7-28(35)30(26)34)19-39(33(41)45)18-21(2)38-13-11-24(12-14-38)40-15-10-23-16-25(46-4)8-9-29(23)37-32(40)44/h5-9,16,19-20,24H,2,10-15,17-18H2,1,3-4H3,(H,36,42)(H,37,44)/t20-/m1/s1. The Labute approximate surface area is 271 Å². The number of hydrogen-bond acceptors (Lipinski definition) is 6. The lowest BCUT2D eigenvalue weighted by Crippen LogP contribution is -2.49. The summed E-state index contributed by atoms with van der Waals surface area (Å²) in [6.07, 6.45) is 3.50. The van der Waals surface area contributed by atoms with Crippen LogP contribution in [0.15, 0.2) is 64.5 Å². The van der Waals surface area contributed by atoms with Gasteiger partial charge in [-0.1, -0.05) is 30.3 Å². The summed E-state index contributed by atoms with van der Waals surface area (Å²) in [5.41, 5.74) is 1.44. The molecule has 11 nitrogen and oxygen atoms in total. The van der Waals surface area contributed by atoms with Crippen LogP contribution in [0.4, 0.5) is 14.9 Å². The van der Waals surface area contributed by atoms with Gasteiger partial charge in [-0.3, -0.25) is 18.7 Å². The highest BCUT2D eigenvalue weighted by atomic mass is 35.5. The summed E-state index contributed by atoms with van der Waals surface area (Å²) in [4.78, 5) is 55.9. The molecule has 1 saturated heterocycles. The Balaban J connectivity index is 1.33. The lowest BCUT2D eigenvalue weighted by atomic mass is 10.0. The van der Waals surface area contributed by atoms with Crippen LogP contribution in [-0.2, 0) is 17.8 Å². The summed E-state index contributed by atoms with van der Waals surface area (Å²) in [5.74, 6) is -0.247. The summed E-state index contributed by atoms with van der Waals surface area (Å²) in [6.45, 7) is 9.16. The number of allylic oxidation sites excluding steroid dienone is 1. The number of aromatic nitrogens is 2. The average Bonchev–Trinajstić information content (AvgIpc) is 3.20. The molecular weight excluding hydrogens is 615 g/mol. The molecule has 46 heavy (non-hydrogen) atoms. The number of nitrogens with one attached hydrogen (secondary N) is 2. The molecule has 1 atom stereocenters. The van der Waals surface area contributed by atoms with Gasteiger partial charge in [-0.2, -0.15) is 0 Å². The maximum Gasteiger partial charge on any atom is 0.331 e. The minimum Gasteiger partial charge on any atom is -0.497 e. The molecule has 5 rings (SSSR count). The lowest BCUT2D eigenvalue weighted by molar-refractivity contribution is -0.119. The Morgan fingerprint density at radius 2 is 1.89 bits per heavy atom. The minimum absolute atomic E-state index is 0.0289. The van der Waals surface area contributed by atoms with Gasteiger partial charge in [0.05, 0.1) is 30.3 Å². The molecule has 2 aliphatic heterocycles. The van der Waals surface area contributed by atoms with Gasteiger partial charge in [-0.25, -0.2) is 14.0 Å². The molecule has 0 saturated carbocycles. The van der Waals surface area contributed by atoms with Crippen LogP contribution in [0.25, 0.3) is 11.1 Å². The lowest BCUT2D eigenvalue weighted by Gasteiger charge is -2.39. The Morgan fingerprint density at radius 3 is 2.59 bits per heavy atom. The van der Waals surface area contributed by atoms with Crippen molar-refractivity contribution in [2.45, 2.75) is 51.7 Å². The van der Waals surface area contributed by atoms with Gasteiger partial charge in [0.2, 0.25) is 5.91 Å². The fourth-order valence-electron chi connectivity index (χ4n) is 6.10. The van der Waals surface area contributed by atoms with Crippen molar-refractivity contribution in [2.24, 2.45) is 0 Å². The number of urea groups is 1. The van der Waals surface area contributed by atoms with Crippen molar-refractivity contribution in [3.05, 3.63) is 92.1 Å². The minimum atomic E-state index is -0.696. The molecule has 1 aromatic heterocycles. The largest absolute Gasteiger partial charge is 0.497 e. The fraction of sp³-hybridized carbons (Fsp3) is 0.394. The zero-order chi connectivity index (χ0) is 33.1. The first-order valence-corrected chi connectivity index (χ1v) is 15.6. The quantitative estimate of drug-likeness (QED) is 0.357. The molecule has 0 aliphatic carbocycles. The highest BCUT2D eigenvalue weighted by Gasteiger charge is 2.31. The van der Waals surface area contributed by atoms with E-state index in [1.807, 2.05) is 23.1 Å². The van der Waals surface area contributed by atoms with E-state index in [1.54, 1.807) is 14.0 Å². The predicted molar refractivity (Wildman–Crippen MR) is 175 cm³/mol. The molecular formula is C33H38ClFN6O5. The number of methoxy groups -OCH3 is 1. The number of nitrogens with zero attached hydrogens (tertiary/aromatic N) is 4. The monoisotopic (exact) mass is 652 g/mol. The second-order valence-electron chi connectivity index (χ2n) is 11.7. The summed E-state index contributed by atoms with van der Waals surface area (Å²) in [7, 11) is 1.62. The molecule has 2 aliphatic rings. The number of ether oxygens (including phenoxy) is 1. The van der Waals surface area contributed by atoms with Crippen molar-refractivity contribution in [3.8, 4) is 16.9 Å². The molecule has 244 valence electrons. The van der Waals surface area contributed by atoms with E-state index >= 15 is 0 Å². The van der Waals surface area contributed by atoms with Gasteiger partial charge in [0.1, 0.15) is 11.6 Å². The van der Waals surface area contributed by atoms with Crippen LogP contribution in [-0.4, -0.2) is 70.2 Å². The van der Waals surface area contributed by atoms with Crippen LogP contribution in [0.2, 0.25) is 5.02 Å². The van der Waals surface area contributed by atoms with Gasteiger partial charge in [0.15, 0.2) is 0 Å². The van der Waals surface area contributed by atoms with Crippen molar-refractivity contribution in [1.29, 1.82) is 0 Å². The predicted octanol–water partition coefficient (Wildman–Crippen LogP) is 4.24. The number of anilines is 1. The fourth-order valence-corrected chi connectivity index (χ4v) is 6.32. The first-order valence-electron chi connectivity index (χ1n) is 15.2. The number of amides is 3. The van der Waals surface area contributed by atoms with E-state index in [2.05, 4.69) is 22.1 Å². The van der Waals surface area contributed by atoms with Gasteiger partial charge >= 0.3 is 11.7 Å². The van der Waals surface area contributed by atoms with Gasteiger partial charge in [-0.15, -0.1) is 0 Å². The molecule has 2 N–H and O–H groups in total. The van der Waals surface area contributed by atoms with E-state index in [1.165, 1.54) is 35.9 Å². The number of benzene rings is 2. The van der Waals surface area contributed by atoms with Crippen molar-refractivity contribution >= 4 is 29.2 Å². The molecule has 2 aromatic carbocycles. The summed E-state index contributed by atoms with van der Waals surface area (Å²) in [5, 5.41) is 5.44. The summed E-state index contributed by atoms with van der Waals surface area (Å²) in [6, 6.07) is 9.00. The highest BCUT2D eigenvalue weighted by Crippen LogP contribution is 2.30. The van der Waals surface area contributed by atoms with Crippen LogP contribution in [0.5, 0.6) is 5.75 Å². The molecule has 0 spiro atoms. The van der Waals surface area contributed by atoms with Crippen molar-refractivity contribution in [1.82, 2.24) is 24.3 Å². The third-order valence-corrected chi connectivity index (χ3v) is 9.04. The Morgan fingerprint density at radius 1 is 1.15 bits per heavy atom. The zero-order valence-electron chi connectivity index (χ0n) is 26.1. The second kappa shape index (κ2) is 13.8. The smallest absolute Gasteiger partial charge is 0.331 e. The highest BCUT2D eigenvalue weighted by molar-refractivity contribution is 6.33. The van der Waals surface area contributed by atoms with Gasteiger partial charge in [-0.05, 0) is 56.0 Å². The Kier molecular flexibility index (Phi) is 9.85. The average molecular weight is 653 g/mol. The normalized spacial score (nSPS) is 15.9. The SMILES string of the molecule is C=C(Cn1cc(-c2cccc(F)c2Cl)c(=O)n([C@H](C)CNC(C)=O)c1=O)N1CCC(N2CCc3cc(OC)ccc3NC2=O)CC1. The van der Waals surface area contributed by atoms with Gasteiger partial charge in [0.25, 0.3) is 5.56 Å². The molecule has 3 aromatic rings. The maximum absolute atomic E-state index is 14.4. The Bertz CT molecular complexity index is 1780. The second-order valence-corrected chi connectivity index (χ2v) is 12.1. The number of carbonyl (C=O) groups excluding carboxylic acids is 2. The third kappa shape index (κ3) is 6.81. The van der Waals surface area contributed by atoms with E-state index in [9.17, 15) is 23.6 Å². The van der Waals surface area contributed by atoms with Gasteiger partial charge in [0, 0.05) is 62.3 Å². The van der Waals surface area contributed by atoms with Crippen molar-refractivity contribution in [2.75, 3.05) is 38.6 Å². The number of carbonyl (C=O) groups is 2. The molecule has 0 unspecified atom stereocenters. The third-order valence-electron chi connectivity index (χ3n) is 8.66. The van der Waals surface area contributed by atoms with Crippen molar-refractivity contribution < 1.29 is 18.7 Å². The topological polar surface area (TPSA) is 118 Å². The van der Waals surface area contributed by atoms with Crippen LogP contribution >= 0.6 is 11.6 Å².